The lowest BCUT2D eigenvalue weighted by molar-refractivity contribution is 0.264. The van der Waals surface area contributed by atoms with Gasteiger partial charge in [-0.2, -0.15) is 4.98 Å². The summed E-state index contributed by atoms with van der Waals surface area (Å²) < 4.78 is 5.29. The van der Waals surface area contributed by atoms with Gasteiger partial charge in [-0.1, -0.05) is 25.1 Å². The second-order valence-corrected chi connectivity index (χ2v) is 5.90. The Morgan fingerprint density at radius 3 is 2.90 bits per heavy atom. The van der Waals surface area contributed by atoms with E-state index in [2.05, 4.69) is 47.0 Å². The largest absolute Gasteiger partial charge is 0.338 e. The van der Waals surface area contributed by atoms with Crippen LogP contribution in [0.3, 0.4) is 0 Å². The first kappa shape index (κ1) is 15.6. The first-order valence-electron chi connectivity index (χ1n) is 7.52. The van der Waals surface area contributed by atoms with Crippen molar-refractivity contribution in [2.45, 2.75) is 39.7 Å². The summed E-state index contributed by atoms with van der Waals surface area (Å²) in [5, 5.41) is 4.02. The van der Waals surface area contributed by atoms with Crippen molar-refractivity contribution in [1.82, 2.24) is 20.0 Å². The molecule has 2 aromatic heterocycles. The van der Waals surface area contributed by atoms with Crippen LogP contribution in [0.1, 0.15) is 37.5 Å². The zero-order valence-corrected chi connectivity index (χ0v) is 13.1. The van der Waals surface area contributed by atoms with Crippen molar-refractivity contribution in [2.24, 2.45) is 5.92 Å². The molecule has 114 valence electrons. The second kappa shape index (κ2) is 7.88. The summed E-state index contributed by atoms with van der Waals surface area (Å²) in [5.74, 6) is 2.06. The number of aromatic nitrogens is 3. The number of nitrogens with zero attached hydrogens (tertiary/aromatic N) is 4. The highest BCUT2D eigenvalue weighted by Crippen LogP contribution is 2.07. The van der Waals surface area contributed by atoms with Crippen LogP contribution >= 0.6 is 0 Å². The second-order valence-electron chi connectivity index (χ2n) is 5.90. The fraction of sp³-hybridized carbons (Fsp3) is 0.562. The summed E-state index contributed by atoms with van der Waals surface area (Å²) in [5.41, 5.74) is 1.28. The molecule has 0 amide bonds. The fourth-order valence-electron chi connectivity index (χ4n) is 2.21. The zero-order chi connectivity index (χ0) is 15.1. The predicted octanol–water partition coefficient (Wildman–Crippen LogP) is 2.73. The molecular weight excluding hydrogens is 264 g/mol. The molecule has 0 atom stereocenters. The molecule has 2 rings (SSSR count). The first-order chi connectivity index (χ1) is 10.1. The topological polar surface area (TPSA) is 55.1 Å². The van der Waals surface area contributed by atoms with Crippen molar-refractivity contribution in [1.29, 1.82) is 0 Å². The molecule has 0 fully saturated rings. The van der Waals surface area contributed by atoms with E-state index < -0.39 is 0 Å². The van der Waals surface area contributed by atoms with Gasteiger partial charge in [0.15, 0.2) is 5.82 Å². The lowest BCUT2D eigenvalue weighted by Crippen LogP contribution is -2.19. The molecule has 5 heteroatoms. The van der Waals surface area contributed by atoms with Gasteiger partial charge < -0.3 is 4.52 Å². The van der Waals surface area contributed by atoms with Crippen LogP contribution in [-0.2, 0) is 19.4 Å². The Kier molecular flexibility index (Phi) is 5.87. The third kappa shape index (κ3) is 5.63. The maximum atomic E-state index is 5.29. The molecular formula is C16H24N4O. The van der Waals surface area contributed by atoms with Crippen LogP contribution in [0.4, 0.5) is 0 Å². The van der Waals surface area contributed by atoms with Crippen LogP contribution in [0, 0.1) is 5.92 Å². The standard InChI is InChI=1S/C16H24N4O/c1-13(2)10-15-18-16(21-19-15)12-20(3)9-5-7-14-6-4-8-17-11-14/h4,6,8,11,13H,5,7,9-10,12H2,1-3H3. The van der Waals surface area contributed by atoms with Crippen LogP contribution in [0.25, 0.3) is 0 Å². The monoisotopic (exact) mass is 288 g/mol. The van der Waals surface area contributed by atoms with Gasteiger partial charge in [-0.25, -0.2) is 0 Å². The van der Waals surface area contributed by atoms with Crippen LogP contribution in [0.15, 0.2) is 29.0 Å². The molecule has 0 aromatic carbocycles. The molecule has 0 spiro atoms. The van der Waals surface area contributed by atoms with E-state index >= 15 is 0 Å². The van der Waals surface area contributed by atoms with E-state index in [-0.39, 0.29) is 0 Å². The number of rotatable bonds is 8. The van der Waals surface area contributed by atoms with Gasteiger partial charge in [-0.15, -0.1) is 0 Å². The molecule has 0 unspecified atom stereocenters. The average molecular weight is 288 g/mol. The minimum Gasteiger partial charge on any atom is -0.338 e. The SMILES string of the molecule is CC(C)Cc1noc(CN(C)CCCc2cccnc2)n1. The molecule has 21 heavy (non-hydrogen) atoms. The molecule has 0 bridgehead atoms. The van der Waals surface area contributed by atoms with Crippen molar-refractivity contribution in [3.05, 3.63) is 41.8 Å². The average Bonchev–Trinajstić information content (AvgIpc) is 2.86. The summed E-state index contributed by atoms with van der Waals surface area (Å²) in [4.78, 5) is 10.8. The molecule has 0 aliphatic carbocycles. The first-order valence-corrected chi connectivity index (χ1v) is 7.52. The third-order valence-corrected chi connectivity index (χ3v) is 3.23. The van der Waals surface area contributed by atoms with Crippen LogP contribution in [0.2, 0.25) is 0 Å². The third-order valence-electron chi connectivity index (χ3n) is 3.23. The van der Waals surface area contributed by atoms with Crippen molar-refractivity contribution in [3.63, 3.8) is 0 Å². The summed E-state index contributed by atoms with van der Waals surface area (Å²) >= 11 is 0. The highest BCUT2D eigenvalue weighted by Gasteiger charge is 2.10. The molecule has 0 radical (unpaired) electrons. The van der Waals surface area contributed by atoms with Gasteiger partial charge in [0.1, 0.15) is 0 Å². The van der Waals surface area contributed by atoms with Gasteiger partial charge in [0.25, 0.3) is 0 Å². The minimum atomic E-state index is 0.549. The minimum absolute atomic E-state index is 0.549. The summed E-state index contributed by atoms with van der Waals surface area (Å²) in [6.07, 6.45) is 6.74. The van der Waals surface area contributed by atoms with Crippen LogP contribution < -0.4 is 0 Å². The van der Waals surface area contributed by atoms with Crippen LogP contribution in [0.5, 0.6) is 0 Å². The zero-order valence-electron chi connectivity index (χ0n) is 13.1. The molecule has 0 saturated carbocycles. The van der Waals surface area contributed by atoms with Gasteiger partial charge in [-0.05, 0) is 44.0 Å². The number of aryl methyl sites for hydroxylation is 1. The Morgan fingerprint density at radius 2 is 2.19 bits per heavy atom. The van der Waals surface area contributed by atoms with Gasteiger partial charge in [0, 0.05) is 18.8 Å². The highest BCUT2D eigenvalue weighted by atomic mass is 16.5. The molecule has 2 aromatic rings. The van der Waals surface area contributed by atoms with Crippen molar-refractivity contribution < 1.29 is 4.52 Å². The van der Waals surface area contributed by atoms with Gasteiger partial charge in [0.05, 0.1) is 6.54 Å². The Morgan fingerprint density at radius 1 is 1.33 bits per heavy atom. The van der Waals surface area contributed by atoms with Crippen LogP contribution in [-0.4, -0.2) is 33.6 Å². The highest BCUT2D eigenvalue weighted by molar-refractivity contribution is 5.08. The Labute approximate surface area is 126 Å². The van der Waals surface area contributed by atoms with E-state index in [1.807, 2.05) is 12.3 Å². The summed E-state index contributed by atoms with van der Waals surface area (Å²) in [7, 11) is 2.08. The fourth-order valence-corrected chi connectivity index (χ4v) is 2.21. The molecule has 0 aliphatic rings. The van der Waals surface area contributed by atoms with Crippen molar-refractivity contribution >= 4 is 0 Å². The lowest BCUT2D eigenvalue weighted by atomic mass is 10.1. The van der Waals surface area contributed by atoms with E-state index in [0.29, 0.717) is 18.4 Å². The smallest absolute Gasteiger partial charge is 0.240 e. The molecule has 0 aliphatic heterocycles. The van der Waals surface area contributed by atoms with E-state index in [1.165, 1.54) is 5.56 Å². The maximum absolute atomic E-state index is 5.29. The Bertz CT molecular complexity index is 524. The lowest BCUT2D eigenvalue weighted by Gasteiger charge is -2.13. The summed E-state index contributed by atoms with van der Waals surface area (Å²) in [6, 6.07) is 4.09. The Balaban J connectivity index is 1.71. The maximum Gasteiger partial charge on any atom is 0.240 e. The number of hydrogen-bond acceptors (Lipinski definition) is 5. The molecule has 2 heterocycles. The quantitative estimate of drug-likeness (QED) is 0.747. The number of pyridine rings is 1. The predicted molar refractivity (Wildman–Crippen MR) is 81.7 cm³/mol. The number of hydrogen-bond donors (Lipinski definition) is 0. The van der Waals surface area contributed by atoms with E-state index in [0.717, 1.165) is 31.6 Å². The Hall–Kier alpha value is -1.75. The normalized spacial score (nSPS) is 11.5. The van der Waals surface area contributed by atoms with Crippen molar-refractivity contribution in [2.75, 3.05) is 13.6 Å². The molecule has 5 nitrogen and oxygen atoms in total. The van der Waals surface area contributed by atoms with Gasteiger partial charge in [0.2, 0.25) is 5.89 Å². The van der Waals surface area contributed by atoms with E-state index in [4.69, 9.17) is 4.52 Å². The van der Waals surface area contributed by atoms with Gasteiger partial charge in [-0.3, -0.25) is 9.88 Å². The van der Waals surface area contributed by atoms with Gasteiger partial charge >= 0.3 is 0 Å². The molecule has 0 N–H and O–H groups in total. The van der Waals surface area contributed by atoms with E-state index in [9.17, 15) is 0 Å². The van der Waals surface area contributed by atoms with E-state index in [1.54, 1.807) is 6.20 Å². The molecule has 0 saturated heterocycles. The summed E-state index contributed by atoms with van der Waals surface area (Å²) in [6.45, 7) is 6.01. The van der Waals surface area contributed by atoms with Crippen molar-refractivity contribution in [3.8, 4) is 0 Å².